The number of pyridine rings is 1. The van der Waals surface area contributed by atoms with Crippen molar-refractivity contribution < 1.29 is 0 Å². The van der Waals surface area contributed by atoms with Crippen molar-refractivity contribution >= 4 is 34.8 Å². The number of halogens is 3. The van der Waals surface area contributed by atoms with Crippen LogP contribution in [0.1, 0.15) is 32.4 Å². The molecule has 0 aliphatic rings. The second kappa shape index (κ2) is 5.38. The van der Waals surface area contributed by atoms with Crippen LogP contribution in [-0.4, -0.2) is 10.4 Å². The molecule has 1 heterocycles. The molecule has 0 saturated heterocycles. The Morgan fingerprint density at radius 2 is 1.80 bits per heavy atom. The van der Waals surface area contributed by atoms with E-state index in [0.717, 1.165) is 5.69 Å². The first kappa shape index (κ1) is 13.1. The molecule has 2 unspecified atom stereocenters. The summed E-state index contributed by atoms with van der Waals surface area (Å²) in [6.07, 6.45) is 1.61. The smallest absolute Gasteiger partial charge is 0.0639 e. The van der Waals surface area contributed by atoms with E-state index in [1.54, 1.807) is 12.3 Å². The van der Waals surface area contributed by atoms with Gasteiger partial charge in [0.1, 0.15) is 0 Å². The van der Waals surface area contributed by atoms with Gasteiger partial charge < -0.3 is 0 Å². The van der Waals surface area contributed by atoms with Crippen LogP contribution in [0.4, 0.5) is 0 Å². The zero-order valence-corrected chi connectivity index (χ0v) is 11.2. The summed E-state index contributed by atoms with van der Waals surface area (Å²) >= 11 is 18.1. The molecule has 0 fully saturated rings. The van der Waals surface area contributed by atoms with E-state index < -0.39 is 0 Å². The van der Waals surface area contributed by atoms with Crippen molar-refractivity contribution in [2.75, 3.05) is 0 Å². The minimum absolute atomic E-state index is 0.00354. The molecule has 0 radical (unpaired) electrons. The van der Waals surface area contributed by atoms with E-state index in [9.17, 15) is 0 Å². The maximum atomic E-state index is 6.15. The predicted octanol–water partition coefficient (Wildman–Crippen LogP) is 4.76. The summed E-state index contributed by atoms with van der Waals surface area (Å²) in [7, 11) is 0. The fourth-order valence-electron chi connectivity index (χ4n) is 1.73. The zero-order valence-electron chi connectivity index (χ0n) is 8.97. The van der Waals surface area contributed by atoms with Crippen molar-refractivity contribution in [1.82, 2.24) is 4.98 Å². The normalized spacial score (nSPS) is 15.4. The second-order valence-electron chi connectivity index (χ2n) is 3.97. The van der Waals surface area contributed by atoms with Crippen molar-refractivity contribution in [2.45, 2.75) is 32.1 Å². The third-order valence-electron chi connectivity index (χ3n) is 2.37. The molecule has 84 valence electrons. The quantitative estimate of drug-likeness (QED) is 0.719. The number of nitrogens with zero attached hydrogens (tertiary/aromatic N) is 1. The van der Waals surface area contributed by atoms with Gasteiger partial charge in [-0.05, 0) is 18.9 Å². The summed E-state index contributed by atoms with van der Waals surface area (Å²) in [4.78, 5) is 4.27. The summed E-state index contributed by atoms with van der Waals surface area (Å²) in [5.74, 6) is 0.542. The van der Waals surface area contributed by atoms with Gasteiger partial charge in [0, 0.05) is 17.5 Å². The summed E-state index contributed by atoms with van der Waals surface area (Å²) in [5.41, 5.74) is 0.832. The summed E-state index contributed by atoms with van der Waals surface area (Å²) < 4.78 is 0. The summed E-state index contributed by atoms with van der Waals surface area (Å²) in [6, 6.07) is 1.71. The Labute approximate surface area is 106 Å². The molecule has 0 bridgehead atoms. The Morgan fingerprint density at radius 3 is 2.20 bits per heavy atom. The highest BCUT2D eigenvalue weighted by Crippen LogP contribution is 2.34. The van der Waals surface area contributed by atoms with Crippen molar-refractivity contribution in [3.8, 4) is 0 Å². The molecule has 0 aliphatic heterocycles. The lowest BCUT2D eigenvalue weighted by Crippen LogP contribution is -2.17. The first-order valence-electron chi connectivity index (χ1n) is 4.88. The number of hydrogen-bond donors (Lipinski definition) is 0. The van der Waals surface area contributed by atoms with Gasteiger partial charge in [-0.3, -0.25) is 4.98 Å². The zero-order chi connectivity index (χ0) is 11.6. The Morgan fingerprint density at radius 1 is 1.20 bits per heavy atom. The van der Waals surface area contributed by atoms with Crippen molar-refractivity contribution in [3.05, 3.63) is 28.0 Å². The van der Waals surface area contributed by atoms with Crippen LogP contribution in [0, 0.1) is 5.92 Å². The number of hydrogen-bond acceptors (Lipinski definition) is 1. The molecule has 0 amide bonds. The van der Waals surface area contributed by atoms with Crippen LogP contribution in [0.2, 0.25) is 10.0 Å². The first-order chi connectivity index (χ1) is 6.93. The minimum atomic E-state index is -0.00354. The largest absolute Gasteiger partial charge is 0.258 e. The van der Waals surface area contributed by atoms with E-state index in [1.165, 1.54) is 0 Å². The Balaban J connectivity index is 3.12. The summed E-state index contributed by atoms with van der Waals surface area (Å²) in [6.45, 7) is 6.17. The van der Waals surface area contributed by atoms with Crippen LogP contribution in [0.25, 0.3) is 0 Å². The van der Waals surface area contributed by atoms with Crippen LogP contribution >= 0.6 is 34.8 Å². The van der Waals surface area contributed by atoms with E-state index in [4.69, 9.17) is 34.8 Å². The van der Waals surface area contributed by atoms with Gasteiger partial charge >= 0.3 is 0 Å². The molecule has 1 rings (SSSR count). The highest BCUT2D eigenvalue weighted by Gasteiger charge is 2.24. The van der Waals surface area contributed by atoms with Crippen molar-refractivity contribution in [2.24, 2.45) is 5.92 Å². The van der Waals surface area contributed by atoms with Gasteiger partial charge in [0.05, 0.1) is 15.7 Å². The van der Waals surface area contributed by atoms with Crippen LogP contribution in [0.3, 0.4) is 0 Å². The van der Waals surface area contributed by atoms with Gasteiger partial charge in [-0.2, -0.15) is 0 Å². The van der Waals surface area contributed by atoms with Crippen molar-refractivity contribution in [1.29, 1.82) is 0 Å². The third kappa shape index (κ3) is 3.24. The molecular formula is C11H14Cl3N. The molecule has 0 saturated carbocycles. The molecule has 15 heavy (non-hydrogen) atoms. The maximum Gasteiger partial charge on any atom is 0.0639 e. The predicted molar refractivity (Wildman–Crippen MR) is 67.2 cm³/mol. The lowest BCUT2D eigenvalue weighted by Gasteiger charge is -2.23. The van der Waals surface area contributed by atoms with Crippen molar-refractivity contribution in [3.63, 3.8) is 0 Å². The lowest BCUT2D eigenvalue weighted by atomic mass is 9.89. The van der Waals surface area contributed by atoms with Crippen LogP contribution < -0.4 is 0 Å². The molecular weight excluding hydrogens is 252 g/mol. The second-order valence-corrected chi connectivity index (χ2v) is 5.50. The number of rotatable bonds is 3. The van der Waals surface area contributed by atoms with E-state index >= 15 is 0 Å². The lowest BCUT2D eigenvalue weighted by molar-refractivity contribution is 0.480. The third-order valence-corrected chi connectivity index (χ3v) is 3.15. The van der Waals surface area contributed by atoms with Gasteiger partial charge in [-0.25, -0.2) is 0 Å². The van der Waals surface area contributed by atoms with Gasteiger partial charge in [0.15, 0.2) is 0 Å². The molecule has 1 aromatic heterocycles. The van der Waals surface area contributed by atoms with E-state index in [0.29, 0.717) is 16.0 Å². The fraction of sp³-hybridized carbons (Fsp3) is 0.545. The Hall–Kier alpha value is 0.0200. The topological polar surface area (TPSA) is 12.9 Å². The fourth-order valence-corrected chi connectivity index (χ4v) is 2.65. The average Bonchev–Trinajstić information content (AvgIpc) is 2.08. The van der Waals surface area contributed by atoms with Crippen LogP contribution in [0.5, 0.6) is 0 Å². The monoisotopic (exact) mass is 265 g/mol. The maximum absolute atomic E-state index is 6.15. The van der Waals surface area contributed by atoms with E-state index in [-0.39, 0.29) is 11.3 Å². The highest BCUT2D eigenvalue weighted by molar-refractivity contribution is 6.34. The van der Waals surface area contributed by atoms with E-state index in [1.807, 2.05) is 6.92 Å². The Bertz CT molecular complexity index is 329. The number of alkyl halides is 1. The van der Waals surface area contributed by atoms with E-state index in [2.05, 4.69) is 18.8 Å². The first-order valence-corrected chi connectivity index (χ1v) is 6.07. The molecule has 2 atom stereocenters. The molecule has 0 aromatic carbocycles. The molecule has 1 nitrogen and oxygen atoms in total. The SMILES string of the molecule is CC(C)C(c1ncc(Cl)cc1Cl)C(C)Cl. The average molecular weight is 267 g/mol. The standard InChI is InChI=1S/C11H14Cl3N/c1-6(2)10(7(3)12)11-9(14)4-8(13)5-15-11/h4-7,10H,1-3H3. The molecule has 1 aromatic rings. The van der Waals surface area contributed by atoms with Crippen LogP contribution in [-0.2, 0) is 0 Å². The molecule has 0 N–H and O–H groups in total. The van der Waals surface area contributed by atoms with Gasteiger partial charge in [0.2, 0.25) is 0 Å². The van der Waals surface area contributed by atoms with Gasteiger partial charge in [-0.1, -0.05) is 37.0 Å². The molecule has 4 heteroatoms. The Kier molecular flexibility index (Phi) is 4.69. The highest BCUT2D eigenvalue weighted by atomic mass is 35.5. The number of aromatic nitrogens is 1. The van der Waals surface area contributed by atoms with Crippen LogP contribution in [0.15, 0.2) is 12.3 Å². The minimum Gasteiger partial charge on any atom is -0.258 e. The summed E-state index contributed by atoms with van der Waals surface area (Å²) in [5, 5.41) is 1.14. The molecule has 0 spiro atoms. The molecule has 0 aliphatic carbocycles. The van der Waals surface area contributed by atoms with Gasteiger partial charge in [-0.15, -0.1) is 11.6 Å². The van der Waals surface area contributed by atoms with Gasteiger partial charge in [0.25, 0.3) is 0 Å².